The lowest BCUT2D eigenvalue weighted by Crippen LogP contribution is -2.55. The minimum absolute atomic E-state index is 0.0756. The highest BCUT2D eigenvalue weighted by molar-refractivity contribution is 6.00. The van der Waals surface area contributed by atoms with Gasteiger partial charge < -0.3 is 19.1 Å². The van der Waals surface area contributed by atoms with Gasteiger partial charge in [0.2, 0.25) is 6.10 Å². The molecule has 3 heterocycles. The van der Waals surface area contributed by atoms with Gasteiger partial charge in [0.15, 0.2) is 17.3 Å². The van der Waals surface area contributed by atoms with Crippen LogP contribution in [-0.4, -0.2) is 48.0 Å². The van der Waals surface area contributed by atoms with E-state index in [2.05, 4.69) is 0 Å². The molecule has 156 valence electrons. The van der Waals surface area contributed by atoms with E-state index in [9.17, 15) is 9.59 Å². The van der Waals surface area contributed by atoms with E-state index >= 15 is 0 Å². The van der Waals surface area contributed by atoms with Crippen molar-refractivity contribution in [1.29, 1.82) is 0 Å². The van der Waals surface area contributed by atoms with E-state index in [0.29, 0.717) is 55.2 Å². The highest BCUT2D eigenvalue weighted by atomic mass is 16.6. The van der Waals surface area contributed by atoms with Crippen LogP contribution in [0.1, 0.15) is 40.7 Å². The molecule has 5 rings (SSSR count). The van der Waals surface area contributed by atoms with Crippen LogP contribution >= 0.6 is 0 Å². The van der Waals surface area contributed by atoms with E-state index in [1.165, 1.54) is 0 Å². The van der Waals surface area contributed by atoms with Crippen LogP contribution in [0.25, 0.3) is 0 Å². The molecule has 3 aliphatic heterocycles. The molecule has 30 heavy (non-hydrogen) atoms. The standard InChI is InChI=1S/C24H25NO5/c1-15-11-17-18(26)13-24(30-21(17)12-16(15)2)7-9-25(10-8-24)23(27)22-14-28-19-5-3-4-6-20(19)29-22/h3-6,11-12,22H,7-10,13-14H2,1-2H3. The van der Waals surface area contributed by atoms with Crippen molar-refractivity contribution < 1.29 is 23.8 Å². The number of aryl methyl sites for hydroxylation is 2. The van der Waals surface area contributed by atoms with Crippen LogP contribution < -0.4 is 14.2 Å². The summed E-state index contributed by atoms with van der Waals surface area (Å²) in [6, 6.07) is 11.3. The number of para-hydroxylation sites is 2. The number of Topliss-reactive ketones (excluding diaryl/α,β-unsaturated/α-hetero) is 1. The maximum Gasteiger partial charge on any atom is 0.267 e. The van der Waals surface area contributed by atoms with E-state index in [1.54, 1.807) is 4.90 Å². The number of rotatable bonds is 1. The first-order valence-electron chi connectivity index (χ1n) is 10.4. The Hall–Kier alpha value is -3.02. The normalized spacial score (nSPS) is 21.7. The molecule has 6 nitrogen and oxygen atoms in total. The van der Waals surface area contributed by atoms with Gasteiger partial charge in [0.05, 0.1) is 12.0 Å². The summed E-state index contributed by atoms with van der Waals surface area (Å²) in [5, 5.41) is 0. The first-order chi connectivity index (χ1) is 14.4. The summed E-state index contributed by atoms with van der Waals surface area (Å²) in [7, 11) is 0. The van der Waals surface area contributed by atoms with Gasteiger partial charge in [-0.3, -0.25) is 9.59 Å². The molecule has 1 fully saturated rings. The van der Waals surface area contributed by atoms with Gasteiger partial charge in [-0.25, -0.2) is 0 Å². The molecular weight excluding hydrogens is 382 g/mol. The summed E-state index contributed by atoms with van der Waals surface area (Å²) in [5.74, 6) is 1.99. The third kappa shape index (κ3) is 3.20. The number of ether oxygens (including phenoxy) is 3. The molecule has 0 radical (unpaired) electrons. The van der Waals surface area contributed by atoms with Gasteiger partial charge in [-0.15, -0.1) is 0 Å². The van der Waals surface area contributed by atoms with E-state index < -0.39 is 11.7 Å². The second kappa shape index (κ2) is 7.04. The molecule has 1 spiro atoms. The number of carbonyl (C=O) groups is 2. The van der Waals surface area contributed by atoms with E-state index in [0.717, 1.165) is 11.1 Å². The zero-order valence-electron chi connectivity index (χ0n) is 17.3. The second-order valence-electron chi connectivity index (χ2n) is 8.51. The smallest absolute Gasteiger partial charge is 0.267 e. The van der Waals surface area contributed by atoms with Crippen LogP contribution in [0, 0.1) is 13.8 Å². The van der Waals surface area contributed by atoms with Crippen molar-refractivity contribution in [3.8, 4) is 17.2 Å². The number of benzene rings is 2. The van der Waals surface area contributed by atoms with E-state index in [-0.39, 0.29) is 18.3 Å². The number of likely N-dealkylation sites (tertiary alicyclic amines) is 1. The van der Waals surface area contributed by atoms with Crippen molar-refractivity contribution in [3.63, 3.8) is 0 Å². The Balaban J connectivity index is 1.27. The zero-order valence-corrected chi connectivity index (χ0v) is 17.3. The molecule has 0 aliphatic carbocycles. The number of ketones is 1. The van der Waals surface area contributed by atoms with Crippen molar-refractivity contribution in [2.45, 2.75) is 44.8 Å². The van der Waals surface area contributed by atoms with Gasteiger partial charge in [-0.1, -0.05) is 12.1 Å². The maximum atomic E-state index is 13.0. The highest BCUT2D eigenvalue weighted by Gasteiger charge is 2.45. The minimum atomic E-state index is -0.644. The van der Waals surface area contributed by atoms with Crippen LogP contribution in [0.3, 0.4) is 0 Å². The van der Waals surface area contributed by atoms with Crippen molar-refractivity contribution in [2.75, 3.05) is 19.7 Å². The van der Waals surface area contributed by atoms with Crippen LogP contribution in [0.5, 0.6) is 17.2 Å². The fourth-order valence-corrected chi connectivity index (χ4v) is 4.51. The predicted molar refractivity (Wildman–Crippen MR) is 110 cm³/mol. The molecule has 1 saturated heterocycles. The molecule has 0 N–H and O–H groups in total. The first kappa shape index (κ1) is 19.0. The number of fused-ring (bicyclic) bond motifs is 2. The van der Waals surface area contributed by atoms with Crippen LogP contribution in [-0.2, 0) is 4.79 Å². The quantitative estimate of drug-likeness (QED) is 0.724. The number of hydrogen-bond acceptors (Lipinski definition) is 5. The summed E-state index contributed by atoms with van der Waals surface area (Å²) in [6.45, 7) is 5.31. The molecule has 1 unspecified atom stereocenters. The van der Waals surface area contributed by atoms with Crippen LogP contribution in [0.2, 0.25) is 0 Å². The van der Waals surface area contributed by atoms with Gasteiger partial charge >= 0.3 is 0 Å². The monoisotopic (exact) mass is 407 g/mol. The third-order valence-electron chi connectivity index (χ3n) is 6.48. The lowest BCUT2D eigenvalue weighted by Gasteiger charge is -2.44. The molecule has 0 bridgehead atoms. The first-order valence-corrected chi connectivity index (χ1v) is 10.4. The third-order valence-corrected chi connectivity index (χ3v) is 6.48. The minimum Gasteiger partial charge on any atom is -0.486 e. The van der Waals surface area contributed by atoms with E-state index in [4.69, 9.17) is 14.2 Å². The Bertz CT molecular complexity index is 1020. The lowest BCUT2D eigenvalue weighted by molar-refractivity contribution is -0.144. The zero-order chi connectivity index (χ0) is 20.9. The number of amides is 1. The van der Waals surface area contributed by atoms with Gasteiger partial charge in [-0.2, -0.15) is 0 Å². The maximum absolute atomic E-state index is 13.0. The van der Waals surface area contributed by atoms with Gasteiger partial charge in [0.1, 0.15) is 18.0 Å². The highest BCUT2D eigenvalue weighted by Crippen LogP contribution is 2.40. The summed E-state index contributed by atoms with van der Waals surface area (Å²) < 4.78 is 17.9. The van der Waals surface area contributed by atoms with Crippen molar-refractivity contribution in [3.05, 3.63) is 53.1 Å². The fraction of sp³-hybridized carbons (Fsp3) is 0.417. The summed E-state index contributed by atoms with van der Waals surface area (Å²) in [4.78, 5) is 27.6. The molecule has 1 atom stereocenters. The Labute approximate surface area is 175 Å². The molecule has 2 aromatic carbocycles. The number of nitrogens with zero attached hydrogens (tertiary/aromatic N) is 1. The number of piperidine rings is 1. The summed E-state index contributed by atoms with van der Waals surface area (Å²) >= 11 is 0. The van der Waals surface area contributed by atoms with E-state index in [1.807, 2.05) is 50.2 Å². The van der Waals surface area contributed by atoms with Crippen LogP contribution in [0.4, 0.5) is 0 Å². The lowest BCUT2D eigenvalue weighted by atomic mass is 9.82. The van der Waals surface area contributed by atoms with Gasteiger partial charge in [0.25, 0.3) is 5.91 Å². The van der Waals surface area contributed by atoms with Crippen LogP contribution in [0.15, 0.2) is 36.4 Å². The van der Waals surface area contributed by atoms with Gasteiger partial charge in [-0.05, 0) is 49.2 Å². The predicted octanol–water partition coefficient (Wildman–Crippen LogP) is 3.47. The molecule has 0 aromatic heterocycles. The van der Waals surface area contributed by atoms with Crippen molar-refractivity contribution in [2.24, 2.45) is 0 Å². The molecule has 6 heteroatoms. The molecule has 3 aliphatic rings. The average molecular weight is 407 g/mol. The molecular formula is C24H25NO5. The number of carbonyl (C=O) groups excluding carboxylic acids is 2. The largest absolute Gasteiger partial charge is 0.486 e. The SMILES string of the molecule is Cc1cc2c(cc1C)C(=O)CC1(CCN(C(=O)C3COc4ccccc4O3)CC1)O2. The van der Waals surface area contributed by atoms with Crippen molar-refractivity contribution >= 4 is 11.7 Å². The Morgan fingerprint density at radius 2 is 1.73 bits per heavy atom. The topological polar surface area (TPSA) is 65.1 Å². The molecule has 0 saturated carbocycles. The second-order valence-corrected chi connectivity index (χ2v) is 8.51. The fourth-order valence-electron chi connectivity index (χ4n) is 4.51. The summed E-state index contributed by atoms with van der Waals surface area (Å²) in [6.07, 6.45) is 0.970. The van der Waals surface area contributed by atoms with Crippen molar-refractivity contribution in [1.82, 2.24) is 4.90 Å². The number of hydrogen-bond donors (Lipinski definition) is 0. The Morgan fingerprint density at radius 1 is 1.03 bits per heavy atom. The van der Waals surface area contributed by atoms with Gasteiger partial charge in [0, 0.05) is 25.9 Å². The Morgan fingerprint density at radius 3 is 2.50 bits per heavy atom. The Kier molecular flexibility index (Phi) is 4.45. The summed E-state index contributed by atoms with van der Waals surface area (Å²) in [5.41, 5.74) is 2.35. The average Bonchev–Trinajstić information content (AvgIpc) is 2.75. The molecule has 1 amide bonds. The molecule has 2 aromatic rings.